The first kappa shape index (κ1) is 27.5. The quantitative estimate of drug-likeness (QED) is 0.479. The number of carbonyl (C=O) groups is 3. The summed E-state index contributed by atoms with van der Waals surface area (Å²) >= 11 is 5.98. The average Bonchev–Trinajstić information content (AvgIpc) is 3.26. The highest BCUT2D eigenvalue weighted by atomic mass is 35.5. The van der Waals surface area contributed by atoms with E-state index in [-0.39, 0.29) is 40.8 Å². The first-order valence-corrected chi connectivity index (χ1v) is 11.6. The summed E-state index contributed by atoms with van der Waals surface area (Å²) in [7, 11) is 1.50. The molecule has 3 amide bonds. The molecule has 1 saturated carbocycles. The van der Waals surface area contributed by atoms with Crippen LogP contribution < -0.4 is 16.4 Å². The Morgan fingerprint density at radius 1 is 1.25 bits per heavy atom. The highest BCUT2D eigenvalue weighted by molar-refractivity contribution is 6.33. The molecule has 1 aromatic heterocycles. The molecule has 2 aromatic rings. The van der Waals surface area contributed by atoms with Gasteiger partial charge in [-0.3, -0.25) is 14.4 Å². The van der Waals surface area contributed by atoms with Gasteiger partial charge in [0.25, 0.3) is 11.8 Å². The standard InChI is InChI=1S/C23H27ClF3N5O4/c1-12(10-36-2)30-22(35)18-19(20(28)33)32(11-29-18)15-6-3-13(4-7-15)21(34)31-17-9-14(23(25,26)27)5-8-16(17)24/h5,8-9,11-13,15H,3-4,6-7,10H2,1-2H3,(H2,28,33)(H,30,35)(H,31,34)/t12?,13-,15-. The number of primary amides is 1. The number of ether oxygens (including phenoxy) is 1. The predicted octanol–water partition coefficient (Wildman–Crippen LogP) is 3.79. The lowest BCUT2D eigenvalue weighted by atomic mass is 9.85. The number of alkyl halides is 3. The number of aromatic nitrogens is 2. The summed E-state index contributed by atoms with van der Waals surface area (Å²) in [5.74, 6) is -2.28. The Morgan fingerprint density at radius 2 is 1.92 bits per heavy atom. The Kier molecular flexibility index (Phi) is 8.62. The van der Waals surface area contributed by atoms with Gasteiger partial charge >= 0.3 is 6.18 Å². The zero-order valence-corrected chi connectivity index (χ0v) is 20.4. The third kappa shape index (κ3) is 6.35. The van der Waals surface area contributed by atoms with Gasteiger partial charge in [0.15, 0.2) is 5.69 Å². The number of nitrogens with two attached hydrogens (primary N) is 1. The molecule has 4 N–H and O–H groups in total. The second-order valence-electron chi connectivity index (χ2n) is 8.73. The number of rotatable bonds is 8. The Hall–Kier alpha value is -3.12. The third-order valence-electron chi connectivity index (χ3n) is 6.05. The highest BCUT2D eigenvalue weighted by Crippen LogP contribution is 2.36. The van der Waals surface area contributed by atoms with Crippen molar-refractivity contribution < 1.29 is 32.3 Å². The molecule has 9 nitrogen and oxygen atoms in total. The van der Waals surface area contributed by atoms with Crippen LogP contribution in [0.4, 0.5) is 18.9 Å². The van der Waals surface area contributed by atoms with Gasteiger partial charge in [0.1, 0.15) is 5.69 Å². The van der Waals surface area contributed by atoms with Crippen LogP contribution in [0.1, 0.15) is 65.2 Å². The Bertz CT molecular complexity index is 1130. The topological polar surface area (TPSA) is 128 Å². The van der Waals surface area contributed by atoms with Crippen molar-refractivity contribution in [3.63, 3.8) is 0 Å². The van der Waals surface area contributed by atoms with Crippen LogP contribution in [0.2, 0.25) is 5.02 Å². The molecule has 0 radical (unpaired) electrons. The number of hydrogen-bond acceptors (Lipinski definition) is 5. The van der Waals surface area contributed by atoms with E-state index in [1.54, 1.807) is 11.5 Å². The van der Waals surface area contributed by atoms with Crippen LogP contribution in [-0.2, 0) is 15.7 Å². The van der Waals surface area contributed by atoms with Crippen LogP contribution in [0.5, 0.6) is 0 Å². The average molecular weight is 530 g/mol. The molecular weight excluding hydrogens is 503 g/mol. The fourth-order valence-corrected chi connectivity index (χ4v) is 4.45. The fourth-order valence-electron chi connectivity index (χ4n) is 4.28. The molecule has 1 aliphatic rings. The van der Waals surface area contributed by atoms with Crippen molar-refractivity contribution in [3.8, 4) is 0 Å². The van der Waals surface area contributed by atoms with Gasteiger partial charge in [0, 0.05) is 25.1 Å². The monoisotopic (exact) mass is 529 g/mol. The van der Waals surface area contributed by atoms with Gasteiger partial charge in [-0.15, -0.1) is 0 Å². The first-order chi connectivity index (χ1) is 16.9. The van der Waals surface area contributed by atoms with Crippen molar-refractivity contribution >= 4 is 35.0 Å². The minimum Gasteiger partial charge on any atom is -0.383 e. The molecule has 196 valence electrons. The summed E-state index contributed by atoms with van der Waals surface area (Å²) in [6.07, 6.45) is -1.46. The molecule has 13 heteroatoms. The van der Waals surface area contributed by atoms with Crippen LogP contribution in [0.3, 0.4) is 0 Å². The van der Waals surface area contributed by atoms with Crippen molar-refractivity contribution in [2.75, 3.05) is 19.0 Å². The van der Waals surface area contributed by atoms with E-state index in [4.69, 9.17) is 22.1 Å². The van der Waals surface area contributed by atoms with E-state index in [1.165, 1.54) is 13.4 Å². The number of methoxy groups -OCH3 is 1. The Labute approximate surface area is 210 Å². The zero-order valence-electron chi connectivity index (χ0n) is 19.7. The maximum absolute atomic E-state index is 13.0. The molecule has 1 aliphatic carbocycles. The van der Waals surface area contributed by atoms with Crippen molar-refractivity contribution in [1.29, 1.82) is 0 Å². The summed E-state index contributed by atoms with van der Waals surface area (Å²) in [4.78, 5) is 41.6. The summed E-state index contributed by atoms with van der Waals surface area (Å²) in [6, 6.07) is 2.19. The number of carbonyl (C=O) groups excluding carboxylic acids is 3. The smallest absolute Gasteiger partial charge is 0.383 e. The van der Waals surface area contributed by atoms with Gasteiger partial charge in [-0.1, -0.05) is 11.6 Å². The van der Waals surface area contributed by atoms with E-state index >= 15 is 0 Å². The van der Waals surface area contributed by atoms with Gasteiger partial charge < -0.3 is 25.7 Å². The molecule has 1 fully saturated rings. The van der Waals surface area contributed by atoms with Crippen LogP contribution in [0, 0.1) is 5.92 Å². The number of amides is 3. The molecule has 0 aliphatic heterocycles. The molecular formula is C23H27ClF3N5O4. The van der Waals surface area contributed by atoms with Crippen molar-refractivity contribution in [1.82, 2.24) is 14.9 Å². The maximum Gasteiger partial charge on any atom is 0.416 e. The summed E-state index contributed by atoms with van der Waals surface area (Å²) in [5.41, 5.74) is 4.41. The van der Waals surface area contributed by atoms with Gasteiger partial charge in [-0.25, -0.2) is 4.98 Å². The molecule has 0 saturated heterocycles. The number of nitrogens with one attached hydrogen (secondary N) is 2. The second-order valence-corrected chi connectivity index (χ2v) is 9.14. The van der Waals surface area contributed by atoms with E-state index in [1.807, 2.05) is 0 Å². The van der Waals surface area contributed by atoms with E-state index in [0.717, 1.165) is 18.2 Å². The SMILES string of the molecule is COCC(C)NC(=O)c1ncn([C@H]2CC[C@H](C(=O)Nc3cc(C(F)(F)F)ccc3Cl)CC2)c1C(N)=O. The maximum atomic E-state index is 13.0. The molecule has 3 rings (SSSR count). The van der Waals surface area contributed by atoms with Crippen LogP contribution in [0.25, 0.3) is 0 Å². The minimum atomic E-state index is -4.57. The fraction of sp³-hybridized carbons (Fsp3) is 0.478. The van der Waals surface area contributed by atoms with E-state index in [0.29, 0.717) is 25.7 Å². The molecule has 1 heterocycles. The Balaban J connectivity index is 1.68. The van der Waals surface area contributed by atoms with E-state index in [2.05, 4.69) is 15.6 Å². The summed E-state index contributed by atoms with van der Waals surface area (Å²) in [5, 5.41) is 5.19. The van der Waals surface area contributed by atoms with E-state index < -0.39 is 35.4 Å². The lowest BCUT2D eigenvalue weighted by Crippen LogP contribution is -2.37. The number of benzene rings is 1. The number of imidazole rings is 1. The van der Waals surface area contributed by atoms with Crippen molar-refractivity contribution in [3.05, 3.63) is 46.5 Å². The third-order valence-corrected chi connectivity index (χ3v) is 6.38. The molecule has 0 bridgehead atoms. The van der Waals surface area contributed by atoms with Crippen molar-refractivity contribution in [2.24, 2.45) is 11.7 Å². The summed E-state index contributed by atoms with van der Waals surface area (Å²) in [6.45, 7) is 2.01. The molecule has 0 spiro atoms. The molecule has 36 heavy (non-hydrogen) atoms. The number of nitrogens with zero attached hydrogens (tertiary/aromatic N) is 2. The molecule has 1 atom stereocenters. The Morgan fingerprint density at radius 3 is 2.50 bits per heavy atom. The lowest BCUT2D eigenvalue weighted by Gasteiger charge is -2.29. The predicted molar refractivity (Wildman–Crippen MR) is 126 cm³/mol. The summed E-state index contributed by atoms with van der Waals surface area (Å²) < 4.78 is 45.6. The van der Waals surface area contributed by atoms with Crippen molar-refractivity contribution in [2.45, 2.75) is 50.9 Å². The second kappa shape index (κ2) is 11.3. The van der Waals surface area contributed by atoms with E-state index in [9.17, 15) is 27.6 Å². The number of hydrogen-bond donors (Lipinski definition) is 3. The highest BCUT2D eigenvalue weighted by Gasteiger charge is 2.33. The van der Waals surface area contributed by atoms with Gasteiger partial charge in [-0.2, -0.15) is 13.2 Å². The zero-order chi connectivity index (χ0) is 26.6. The van der Waals surface area contributed by atoms with Crippen LogP contribution in [0.15, 0.2) is 24.5 Å². The number of halogens is 4. The number of anilines is 1. The first-order valence-electron chi connectivity index (χ1n) is 11.3. The van der Waals surface area contributed by atoms with Gasteiger partial charge in [-0.05, 0) is 50.8 Å². The lowest BCUT2D eigenvalue weighted by molar-refractivity contribution is -0.137. The van der Waals surface area contributed by atoms with Crippen LogP contribution >= 0.6 is 11.6 Å². The minimum absolute atomic E-state index is 0.000162. The van der Waals surface area contributed by atoms with Gasteiger partial charge in [0.2, 0.25) is 5.91 Å². The largest absolute Gasteiger partial charge is 0.416 e. The van der Waals surface area contributed by atoms with Gasteiger partial charge in [0.05, 0.1) is 29.2 Å². The normalized spacial score (nSPS) is 18.9. The van der Waals surface area contributed by atoms with Crippen LogP contribution in [-0.4, -0.2) is 47.0 Å². The molecule has 1 aromatic carbocycles. The molecule has 1 unspecified atom stereocenters.